The minimum absolute atomic E-state index is 0.0733. The molecule has 16 heteroatoms. The number of alkyl halides is 3. The maximum atomic E-state index is 14.6. The van der Waals surface area contributed by atoms with E-state index in [2.05, 4.69) is 10.3 Å². The van der Waals surface area contributed by atoms with Gasteiger partial charge in [0.15, 0.2) is 0 Å². The molecule has 2 saturated heterocycles. The van der Waals surface area contributed by atoms with Crippen molar-refractivity contribution in [3.05, 3.63) is 83.4 Å². The molecular weight excluding hydrogens is 889 g/mol. The zero-order valence-corrected chi connectivity index (χ0v) is 31.7. The number of nitrogens with zero attached hydrogens (tertiary/aromatic N) is 3. The first-order valence-electron chi connectivity index (χ1n) is 16.2. The van der Waals surface area contributed by atoms with E-state index in [0.29, 0.717) is 49.2 Å². The molecule has 1 aromatic heterocycles. The topological polar surface area (TPSA) is 131 Å². The van der Waals surface area contributed by atoms with Crippen LogP contribution in [0.5, 0.6) is 0 Å². The fourth-order valence-electron chi connectivity index (χ4n) is 7.90. The summed E-state index contributed by atoms with van der Waals surface area (Å²) in [6.07, 6.45) is -2.83. The van der Waals surface area contributed by atoms with Crippen LogP contribution in [0.15, 0.2) is 65.6 Å². The number of carboxylic acid groups (broad SMARTS) is 1. The number of anilines is 2. The Morgan fingerprint density at radius 1 is 1.14 bits per heavy atom. The van der Waals surface area contributed by atoms with Gasteiger partial charge in [-0.05, 0) is 6.92 Å². The molecule has 10 nitrogen and oxygen atoms in total. The van der Waals surface area contributed by atoms with Gasteiger partial charge in [0, 0.05) is 7.05 Å². The van der Waals surface area contributed by atoms with Gasteiger partial charge in [-0.25, -0.2) is 0 Å². The third-order valence-corrected chi connectivity index (χ3v) is 20.2. The monoisotopic (exact) mass is 923 g/mol. The van der Waals surface area contributed by atoms with Crippen LogP contribution in [0.2, 0.25) is 3.07 Å². The molecule has 7 rings (SSSR count). The summed E-state index contributed by atoms with van der Waals surface area (Å²) < 4.78 is 88.5. The molecule has 4 aromatic rings. The van der Waals surface area contributed by atoms with Gasteiger partial charge in [0.2, 0.25) is 0 Å². The maximum absolute atomic E-state index is 14.6. The minimum atomic E-state index is -4.76. The van der Waals surface area contributed by atoms with Gasteiger partial charge in [-0.3, -0.25) is 0 Å². The van der Waals surface area contributed by atoms with Gasteiger partial charge in [-0.2, -0.15) is 0 Å². The number of aliphatic carboxylic acids is 1. The summed E-state index contributed by atoms with van der Waals surface area (Å²) in [6.45, 7) is 2.32. The summed E-state index contributed by atoms with van der Waals surface area (Å²) in [5, 5.41) is 13.2. The number of halogens is 4. The number of hydrogen-bond donors (Lipinski definition) is 2. The zero-order chi connectivity index (χ0) is 36.7. The first-order valence-corrected chi connectivity index (χ1v) is 20.8. The van der Waals surface area contributed by atoms with E-state index in [-0.39, 0.29) is 11.3 Å². The Kier molecular flexibility index (Phi) is 8.59. The molecule has 2 N–H and O–H groups in total. The van der Waals surface area contributed by atoms with Gasteiger partial charge in [0.25, 0.3) is 0 Å². The number of benzene rings is 3. The predicted molar refractivity (Wildman–Crippen MR) is 181 cm³/mol. The molecule has 2 aliphatic heterocycles. The number of sulfonamides is 1. The van der Waals surface area contributed by atoms with Crippen LogP contribution in [0.1, 0.15) is 49.1 Å². The van der Waals surface area contributed by atoms with Crippen molar-refractivity contribution >= 4 is 67.9 Å². The van der Waals surface area contributed by atoms with Crippen molar-refractivity contribution in [2.45, 2.75) is 61.8 Å². The first kappa shape index (κ1) is 35.8. The average Bonchev–Trinajstić information content (AvgIpc) is 3.45. The van der Waals surface area contributed by atoms with E-state index >= 15 is 0 Å². The Labute approximate surface area is 303 Å². The normalized spacial score (nSPS) is 25.9. The number of aromatic nitrogens is 2. The second-order valence-electron chi connectivity index (χ2n) is 13.5. The van der Waals surface area contributed by atoms with E-state index in [4.69, 9.17) is 4.74 Å². The zero-order valence-electron chi connectivity index (χ0n) is 27.8. The van der Waals surface area contributed by atoms with Crippen LogP contribution >= 0.6 is 0 Å². The second-order valence-corrected chi connectivity index (χ2v) is 21.5. The summed E-state index contributed by atoms with van der Waals surface area (Å²) in [6, 6.07) is 13.4. The minimum Gasteiger partial charge on any atom is 0.0130 e. The number of ether oxygens (including phenoxy) is 1. The summed E-state index contributed by atoms with van der Waals surface area (Å²) in [7, 11) is -0.685. The van der Waals surface area contributed by atoms with Gasteiger partial charge in [-0.15, -0.1) is 0 Å². The third-order valence-electron chi connectivity index (χ3n) is 10.6. The van der Waals surface area contributed by atoms with Crippen molar-refractivity contribution in [1.82, 2.24) is 9.55 Å². The van der Waals surface area contributed by atoms with Crippen molar-refractivity contribution in [2.75, 3.05) is 23.3 Å². The van der Waals surface area contributed by atoms with Crippen LogP contribution < -0.4 is 9.62 Å². The Morgan fingerprint density at radius 2 is 1.86 bits per heavy atom. The van der Waals surface area contributed by atoms with Crippen LogP contribution in [0.3, 0.4) is 0 Å². The van der Waals surface area contributed by atoms with Gasteiger partial charge in [0.1, 0.15) is 0 Å². The van der Waals surface area contributed by atoms with E-state index in [1.54, 1.807) is 30.3 Å². The molecule has 1 spiro atoms. The van der Waals surface area contributed by atoms with Crippen molar-refractivity contribution < 1.29 is 45.4 Å². The van der Waals surface area contributed by atoms with E-state index in [1.165, 1.54) is 23.5 Å². The Bertz CT molecular complexity index is 2190. The number of imidazole rings is 1. The molecule has 3 heterocycles. The molecule has 0 unspecified atom stereocenters. The molecule has 0 bridgehead atoms. The molecule has 270 valence electrons. The number of hydrogen-bond acceptors (Lipinski definition) is 6. The van der Waals surface area contributed by atoms with E-state index in [0.717, 1.165) is 29.4 Å². The molecule has 3 aliphatic rings. The van der Waals surface area contributed by atoms with Crippen molar-refractivity contribution in [2.24, 2.45) is 13.0 Å². The molecule has 4 atom stereocenters. The smallest absolute Gasteiger partial charge is 0.0130 e. The fourth-order valence-corrected chi connectivity index (χ4v) is 16.7. The van der Waals surface area contributed by atoms with Crippen LogP contribution in [0.4, 0.5) is 28.9 Å². The summed E-state index contributed by atoms with van der Waals surface area (Å²) in [5.41, 5.74) is 0.179. The second kappa shape index (κ2) is 12.2. The Morgan fingerprint density at radius 3 is 2.49 bits per heavy atom. The van der Waals surface area contributed by atoms with Gasteiger partial charge >= 0.3 is 290 Å². The number of nitrogens with one attached hydrogen (secondary N) is 1. The first-order chi connectivity index (χ1) is 23.9. The molecule has 1 aliphatic carbocycles. The van der Waals surface area contributed by atoms with Crippen molar-refractivity contribution in [3.8, 4) is 0 Å². The van der Waals surface area contributed by atoms with Gasteiger partial charge in [-0.1, -0.05) is 0 Å². The average molecular weight is 924 g/mol. The quantitative estimate of drug-likeness (QED) is 0.207. The SMILES string of the molecule is Cc1nc2cc(S(=O)(=O)N(C)c3ccc([C@@]45C[C@@]6(CCCO6)C[C@H](CC(=O)Nc6ccc(C(F)(F)F)cc6F)[C@@]4(C(=O)O)[Po]5)cc3)ccc2n1C. The molecule has 3 fully saturated rings. The third kappa shape index (κ3) is 5.82. The van der Waals surface area contributed by atoms with Crippen LogP contribution in [0.25, 0.3) is 11.0 Å². The van der Waals surface area contributed by atoms with E-state index < -0.39 is 86.4 Å². The van der Waals surface area contributed by atoms with Crippen LogP contribution in [0, 0.1) is 18.7 Å². The van der Waals surface area contributed by atoms with E-state index in [1.807, 2.05) is 18.5 Å². The van der Waals surface area contributed by atoms with Gasteiger partial charge in [0.05, 0.1) is 0 Å². The molecule has 3 aromatic carbocycles. The number of carbonyl (C=O) groups excluding carboxylic acids is 1. The van der Waals surface area contributed by atoms with Crippen molar-refractivity contribution in [1.29, 1.82) is 0 Å². The number of aryl methyl sites for hydroxylation is 2. The molecule has 1 saturated carbocycles. The van der Waals surface area contributed by atoms with Crippen LogP contribution in [-0.2, 0) is 40.6 Å². The molecule has 1 amide bonds. The summed E-state index contributed by atoms with van der Waals surface area (Å²) in [5.74, 6) is -2.90. The predicted octanol–water partition coefficient (Wildman–Crippen LogP) is 6.01. The number of carbonyl (C=O) groups is 2. The Hall–Kier alpha value is -3.60. The Balaban J connectivity index is 1.16. The summed E-state index contributed by atoms with van der Waals surface area (Å²) in [4.78, 5) is 31.1. The fraction of sp³-hybridized carbons (Fsp3) is 0.400. The number of rotatable bonds is 8. The van der Waals surface area contributed by atoms with E-state index in [9.17, 15) is 40.7 Å². The molecule has 0 radical (unpaired) electrons. The standard InChI is InChI=1S/C35H34F4N4O6S.Po/c1-20-40-29-17-25(10-12-30(29)42(20)2)50(47,48)43(3)24-8-5-21(6-9-24)26-19-34(13-4-14-49-34)18-22(32(26)33(45)46)15-31(44)41-28-11-7-23(16-27(28)36)35(37,38)39;/h5-12,16-17,22H,4,13-15,18-19H2,1-3H3,(H,41,44)(H,45,46);/t22-,34+;/m0./s1. The molecular formula is C35H34F4N4O6PoS. The number of fused-ring (bicyclic) bond motifs is 2. The number of carboxylic acids is 1. The van der Waals surface area contributed by atoms with Crippen molar-refractivity contribution in [3.63, 3.8) is 0 Å². The van der Waals surface area contributed by atoms with Crippen LogP contribution in [-0.4, -0.2) is 77.8 Å². The number of amides is 1. The summed E-state index contributed by atoms with van der Waals surface area (Å²) >= 11 is -1.81. The van der Waals surface area contributed by atoms with Gasteiger partial charge < -0.3 is 0 Å². The molecule has 51 heavy (non-hydrogen) atoms.